The number of hydrogen-bond acceptors (Lipinski definition) is 5. The Hall–Kier alpha value is -2.95. The van der Waals surface area contributed by atoms with E-state index in [4.69, 9.17) is 9.47 Å². The van der Waals surface area contributed by atoms with E-state index in [9.17, 15) is 14.4 Å². The van der Waals surface area contributed by atoms with Crippen LogP contribution in [0, 0.1) is 0 Å². The number of carbonyl (C=O) groups is 3. The molecule has 0 N–H and O–H groups in total. The summed E-state index contributed by atoms with van der Waals surface area (Å²) in [5, 5.41) is 0. The molecule has 0 aliphatic carbocycles. The molecule has 0 aromatic heterocycles. The van der Waals surface area contributed by atoms with E-state index >= 15 is 0 Å². The van der Waals surface area contributed by atoms with Crippen molar-refractivity contribution in [3.05, 3.63) is 71.3 Å². The quantitative estimate of drug-likeness (QED) is 0.440. The maximum absolute atomic E-state index is 12.5. The molecular weight excluding hydrogens is 320 g/mol. The van der Waals surface area contributed by atoms with Crippen LogP contribution in [0.1, 0.15) is 41.3 Å². The molecule has 0 radical (unpaired) electrons. The molecule has 0 amide bonds. The number of ether oxygens (including phenoxy) is 2. The molecule has 5 nitrogen and oxygen atoms in total. The molecule has 0 aliphatic rings. The number of esters is 2. The van der Waals surface area contributed by atoms with Gasteiger partial charge >= 0.3 is 11.9 Å². The minimum Gasteiger partial charge on any atom is -0.462 e. The molecule has 0 saturated carbocycles. The highest BCUT2D eigenvalue weighted by atomic mass is 16.6. The van der Waals surface area contributed by atoms with E-state index in [2.05, 4.69) is 0 Å². The van der Waals surface area contributed by atoms with Gasteiger partial charge in [0, 0.05) is 18.1 Å². The number of hydrogen-bond donors (Lipinski definition) is 0. The predicted octanol–water partition coefficient (Wildman–Crippen LogP) is 3.13. The van der Waals surface area contributed by atoms with Gasteiger partial charge in [0.2, 0.25) is 0 Å². The molecule has 25 heavy (non-hydrogen) atoms. The summed E-state index contributed by atoms with van der Waals surface area (Å²) in [6.45, 7) is 3.03. The third-order valence-corrected chi connectivity index (χ3v) is 3.67. The van der Waals surface area contributed by atoms with Crippen LogP contribution in [0.3, 0.4) is 0 Å². The predicted molar refractivity (Wildman–Crippen MR) is 92.3 cm³/mol. The van der Waals surface area contributed by atoms with Gasteiger partial charge in [-0.1, -0.05) is 48.5 Å². The second kappa shape index (κ2) is 8.78. The van der Waals surface area contributed by atoms with Gasteiger partial charge in [-0.15, -0.1) is 0 Å². The summed E-state index contributed by atoms with van der Waals surface area (Å²) >= 11 is 0. The van der Waals surface area contributed by atoms with Gasteiger partial charge in [0.25, 0.3) is 0 Å². The Morgan fingerprint density at radius 1 is 0.880 bits per heavy atom. The average molecular weight is 340 g/mol. The van der Waals surface area contributed by atoms with Crippen LogP contribution in [-0.4, -0.2) is 30.9 Å². The Morgan fingerprint density at radius 2 is 1.52 bits per heavy atom. The van der Waals surface area contributed by atoms with Gasteiger partial charge in [0.05, 0.1) is 5.92 Å². The van der Waals surface area contributed by atoms with Crippen LogP contribution >= 0.6 is 0 Å². The maximum atomic E-state index is 12.5. The van der Waals surface area contributed by atoms with Crippen LogP contribution in [0.5, 0.6) is 0 Å². The van der Waals surface area contributed by atoms with E-state index in [1.165, 1.54) is 6.92 Å². The molecule has 1 atom stereocenters. The van der Waals surface area contributed by atoms with Crippen LogP contribution < -0.4 is 0 Å². The van der Waals surface area contributed by atoms with E-state index in [0.29, 0.717) is 16.7 Å². The summed E-state index contributed by atoms with van der Waals surface area (Å²) in [6, 6.07) is 15.9. The number of carbonyl (C=O) groups excluding carboxylic acids is 3. The summed E-state index contributed by atoms with van der Waals surface area (Å²) in [6.07, 6.45) is 0. The van der Waals surface area contributed by atoms with E-state index in [1.807, 2.05) is 6.07 Å². The minimum atomic E-state index is -0.527. The Bertz CT molecular complexity index is 752. The highest BCUT2D eigenvalue weighted by Gasteiger charge is 2.18. The van der Waals surface area contributed by atoms with Gasteiger partial charge in [-0.05, 0) is 18.6 Å². The zero-order valence-corrected chi connectivity index (χ0v) is 14.2. The molecule has 0 heterocycles. The first-order valence-corrected chi connectivity index (χ1v) is 7.98. The molecule has 0 aliphatic heterocycles. The van der Waals surface area contributed by atoms with E-state index in [0.717, 1.165) is 0 Å². The van der Waals surface area contributed by atoms with Crippen molar-refractivity contribution in [3.63, 3.8) is 0 Å². The van der Waals surface area contributed by atoms with Gasteiger partial charge in [0.15, 0.2) is 5.78 Å². The van der Waals surface area contributed by atoms with Gasteiger partial charge < -0.3 is 9.47 Å². The number of benzene rings is 2. The van der Waals surface area contributed by atoms with Crippen molar-refractivity contribution >= 4 is 17.7 Å². The summed E-state index contributed by atoms with van der Waals surface area (Å²) in [5.74, 6) is -1.48. The fraction of sp³-hybridized carbons (Fsp3) is 0.250. The molecule has 0 saturated heterocycles. The number of rotatable bonds is 7. The molecule has 2 rings (SSSR count). The molecule has 0 bridgehead atoms. The summed E-state index contributed by atoms with van der Waals surface area (Å²) in [7, 11) is 0. The van der Waals surface area contributed by atoms with Crippen molar-refractivity contribution in [2.75, 3.05) is 13.2 Å². The molecule has 2 aromatic rings. The topological polar surface area (TPSA) is 69.7 Å². The third kappa shape index (κ3) is 5.28. The second-order valence-electron chi connectivity index (χ2n) is 5.55. The molecule has 0 fully saturated rings. The number of ketones is 1. The fourth-order valence-electron chi connectivity index (χ4n) is 2.29. The van der Waals surface area contributed by atoms with Crippen LogP contribution in [0.2, 0.25) is 0 Å². The van der Waals surface area contributed by atoms with Crippen LogP contribution in [0.25, 0.3) is 0 Å². The summed E-state index contributed by atoms with van der Waals surface area (Å²) in [5.41, 5.74) is 1.80. The smallest absolute Gasteiger partial charge is 0.313 e. The van der Waals surface area contributed by atoms with Gasteiger partial charge in [0.1, 0.15) is 13.2 Å². The summed E-state index contributed by atoms with van der Waals surface area (Å²) in [4.78, 5) is 35.3. The fourth-order valence-corrected chi connectivity index (χ4v) is 2.29. The molecule has 1 unspecified atom stereocenters. The lowest BCUT2D eigenvalue weighted by molar-refractivity contribution is -0.151. The van der Waals surface area contributed by atoms with Crippen molar-refractivity contribution in [2.45, 2.75) is 19.8 Å². The van der Waals surface area contributed by atoms with Crippen LogP contribution in [0.4, 0.5) is 0 Å². The Kier molecular flexibility index (Phi) is 6.46. The lowest BCUT2D eigenvalue weighted by Crippen LogP contribution is -2.17. The Morgan fingerprint density at radius 3 is 2.20 bits per heavy atom. The van der Waals surface area contributed by atoms with Gasteiger partial charge in [-0.2, -0.15) is 0 Å². The van der Waals surface area contributed by atoms with E-state index in [-0.39, 0.29) is 19.0 Å². The van der Waals surface area contributed by atoms with E-state index < -0.39 is 17.9 Å². The van der Waals surface area contributed by atoms with Crippen molar-refractivity contribution in [2.24, 2.45) is 0 Å². The van der Waals surface area contributed by atoms with Crippen molar-refractivity contribution < 1.29 is 23.9 Å². The third-order valence-electron chi connectivity index (χ3n) is 3.67. The average Bonchev–Trinajstić information content (AvgIpc) is 2.64. The first-order valence-electron chi connectivity index (χ1n) is 7.98. The molecule has 0 spiro atoms. The monoisotopic (exact) mass is 340 g/mol. The Labute approximate surface area is 146 Å². The molecule has 130 valence electrons. The van der Waals surface area contributed by atoms with Crippen molar-refractivity contribution in [1.82, 2.24) is 0 Å². The van der Waals surface area contributed by atoms with Crippen molar-refractivity contribution in [1.29, 1.82) is 0 Å². The minimum absolute atomic E-state index is 0.00535. The normalized spacial score (nSPS) is 11.4. The largest absolute Gasteiger partial charge is 0.462 e. The summed E-state index contributed by atoms with van der Waals surface area (Å²) < 4.78 is 9.81. The SMILES string of the molecule is CC(=O)OCCOC(=O)C(C)c1cccc(C(=O)c2ccccc2)c1. The van der Waals surface area contributed by atoms with Crippen LogP contribution in [-0.2, 0) is 19.1 Å². The van der Waals surface area contributed by atoms with Gasteiger partial charge in [-0.3, -0.25) is 14.4 Å². The second-order valence-corrected chi connectivity index (χ2v) is 5.55. The zero-order chi connectivity index (χ0) is 18.2. The zero-order valence-electron chi connectivity index (χ0n) is 14.2. The molecule has 2 aromatic carbocycles. The lowest BCUT2D eigenvalue weighted by atomic mass is 9.96. The van der Waals surface area contributed by atoms with Crippen molar-refractivity contribution in [3.8, 4) is 0 Å². The first kappa shape index (κ1) is 18.4. The van der Waals surface area contributed by atoms with Crippen LogP contribution in [0.15, 0.2) is 54.6 Å². The standard InChI is InChI=1S/C20H20O5/c1-14(20(23)25-12-11-24-15(2)21)17-9-6-10-18(13-17)19(22)16-7-4-3-5-8-16/h3-10,13-14H,11-12H2,1-2H3. The maximum Gasteiger partial charge on any atom is 0.313 e. The molecular formula is C20H20O5. The molecule has 5 heteroatoms. The Balaban J connectivity index is 2.03. The lowest BCUT2D eigenvalue weighted by Gasteiger charge is -2.13. The first-order chi connectivity index (χ1) is 12.0. The highest BCUT2D eigenvalue weighted by molar-refractivity contribution is 6.09. The van der Waals surface area contributed by atoms with Gasteiger partial charge in [-0.25, -0.2) is 0 Å². The van der Waals surface area contributed by atoms with E-state index in [1.54, 1.807) is 55.5 Å². The highest BCUT2D eigenvalue weighted by Crippen LogP contribution is 2.20.